The van der Waals surface area contributed by atoms with Crippen LogP contribution in [0.4, 0.5) is 0 Å². The Morgan fingerprint density at radius 3 is 2.75 bits per heavy atom. The highest BCUT2D eigenvalue weighted by molar-refractivity contribution is 6.30. The summed E-state index contributed by atoms with van der Waals surface area (Å²) >= 11 is 6.00. The summed E-state index contributed by atoms with van der Waals surface area (Å²) in [6.45, 7) is 5.56. The molecule has 0 aliphatic rings. The van der Waals surface area contributed by atoms with E-state index in [1.807, 2.05) is 42.8 Å². The number of aryl methyl sites for hydroxylation is 1. The lowest BCUT2D eigenvalue weighted by atomic mass is 10.00. The number of hydrogen-bond acceptors (Lipinski definition) is 2. The van der Waals surface area contributed by atoms with Gasteiger partial charge in [0.05, 0.1) is 17.3 Å². The Balaban J connectivity index is 2.41. The van der Waals surface area contributed by atoms with Gasteiger partial charge in [-0.3, -0.25) is 4.79 Å². The molecule has 0 fully saturated rings. The standard InChI is InChI=1S/C15H17ClN2O2/c1-9(15(19)20)7-14-10(2)17-18(11(14)3)13-6-4-5-12(16)8-13/h4-6,8-9H,7H2,1-3H3,(H,19,20). The van der Waals surface area contributed by atoms with Crippen molar-refractivity contribution in [2.75, 3.05) is 0 Å². The van der Waals surface area contributed by atoms with Gasteiger partial charge in [0.2, 0.25) is 0 Å². The molecule has 0 aliphatic carbocycles. The number of hydrogen-bond donors (Lipinski definition) is 1. The van der Waals surface area contributed by atoms with Crippen LogP contribution in [0, 0.1) is 19.8 Å². The van der Waals surface area contributed by atoms with Crippen molar-refractivity contribution in [3.63, 3.8) is 0 Å². The zero-order valence-electron chi connectivity index (χ0n) is 11.7. The van der Waals surface area contributed by atoms with Gasteiger partial charge in [-0.2, -0.15) is 5.10 Å². The molecule has 0 aliphatic heterocycles. The summed E-state index contributed by atoms with van der Waals surface area (Å²) in [5.74, 6) is -1.22. The number of aromatic nitrogens is 2. The number of rotatable bonds is 4. The number of carboxylic acid groups (broad SMARTS) is 1. The van der Waals surface area contributed by atoms with Crippen LogP contribution in [-0.4, -0.2) is 20.9 Å². The van der Waals surface area contributed by atoms with Gasteiger partial charge in [-0.25, -0.2) is 4.68 Å². The molecule has 0 saturated heterocycles. The number of nitrogens with zero attached hydrogens (tertiary/aromatic N) is 2. The maximum atomic E-state index is 11.0. The molecule has 2 rings (SSSR count). The van der Waals surface area contributed by atoms with Gasteiger partial charge in [-0.1, -0.05) is 24.6 Å². The topological polar surface area (TPSA) is 55.1 Å². The van der Waals surface area contributed by atoms with Crippen molar-refractivity contribution in [3.8, 4) is 5.69 Å². The average Bonchev–Trinajstić information content (AvgIpc) is 2.66. The summed E-state index contributed by atoms with van der Waals surface area (Å²) < 4.78 is 1.81. The molecule has 0 amide bonds. The van der Waals surface area contributed by atoms with Gasteiger partial charge in [0, 0.05) is 10.7 Å². The molecule has 1 aromatic heterocycles. The van der Waals surface area contributed by atoms with E-state index in [1.165, 1.54) is 0 Å². The minimum atomic E-state index is -0.792. The predicted molar refractivity (Wildman–Crippen MR) is 78.6 cm³/mol. The average molecular weight is 293 g/mol. The monoisotopic (exact) mass is 292 g/mol. The second-order valence-corrected chi connectivity index (χ2v) is 5.42. The third kappa shape index (κ3) is 2.85. The summed E-state index contributed by atoms with van der Waals surface area (Å²) in [4.78, 5) is 11.0. The lowest BCUT2D eigenvalue weighted by molar-refractivity contribution is -0.141. The second-order valence-electron chi connectivity index (χ2n) is 4.98. The fraction of sp³-hybridized carbons (Fsp3) is 0.333. The Morgan fingerprint density at radius 2 is 2.15 bits per heavy atom. The normalized spacial score (nSPS) is 12.4. The van der Waals surface area contributed by atoms with Crippen molar-refractivity contribution in [1.82, 2.24) is 9.78 Å². The Bertz CT molecular complexity index is 649. The lowest BCUT2D eigenvalue weighted by Gasteiger charge is -2.08. The van der Waals surface area contributed by atoms with Crippen LogP contribution in [0.15, 0.2) is 24.3 Å². The lowest BCUT2D eigenvalue weighted by Crippen LogP contribution is -2.13. The zero-order chi connectivity index (χ0) is 14.9. The van der Waals surface area contributed by atoms with Crippen LogP contribution < -0.4 is 0 Å². The summed E-state index contributed by atoms with van der Waals surface area (Å²) in [5.41, 5.74) is 3.68. The van der Waals surface area contributed by atoms with E-state index in [0.29, 0.717) is 11.4 Å². The maximum Gasteiger partial charge on any atom is 0.306 e. The smallest absolute Gasteiger partial charge is 0.306 e. The highest BCUT2D eigenvalue weighted by Gasteiger charge is 2.19. The molecular formula is C15H17ClN2O2. The van der Waals surface area contributed by atoms with E-state index in [-0.39, 0.29) is 0 Å². The van der Waals surface area contributed by atoms with E-state index >= 15 is 0 Å². The zero-order valence-corrected chi connectivity index (χ0v) is 12.5. The molecule has 1 heterocycles. The molecule has 1 unspecified atom stereocenters. The van der Waals surface area contributed by atoms with Crippen LogP contribution in [0.25, 0.3) is 5.69 Å². The SMILES string of the molecule is Cc1nn(-c2cccc(Cl)c2)c(C)c1CC(C)C(=O)O. The molecule has 4 nitrogen and oxygen atoms in total. The van der Waals surface area contributed by atoms with E-state index in [4.69, 9.17) is 16.7 Å². The van der Waals surface area contributed by atoms with Crippen molar-refractivity contribution in [1.29, 1.82) is 0 Å². The van der Waals surface area contributed by atoms with E-state index in [2.05, 4.69) is 5.10 Å². The molecule has 1 N–H and O–H groups in total. The molecule has 2 aromatic rings. The van der Waals surface area contributed by atoms with Crippen LogP contribution in [0.3, 0.4) is 0 Å². The fourth-order valence-electron chi connectivity index (χ4n) is 2.22. The Morgan fingerprint density at radius 1 is 1.45 bits per heavy atom. The molecule has 0 saturated carbocycles. The number of carbonyl (C=O) groups is 1. The molecule has 20 heavy (non-hydrogen) atoms. The van der Waals surface area contributed by atoms with E-state index in [1.54, 1.807) is 6.92 Å². The molecule has 106 valence electrons. The molecular weight excluding hydrogens is 276 g/mol. The fourth-order valence-corrected chi connectivity index (χ4v) is 2.41. The van der Waals surface area contributed by atoms with E-state index in [9.17, 15) is 4.79 Å². The van der Waals surface area contributed by atoms with Gasteiger partial charge >= 0.3 is 5.97 Å². The molecule has 1 atom stereocenters. The van der Waals surface area contributed by atoms with Gasteiger partial charge in [-0.05, 0) is 44.0 Å². The van der Waals surface area contributed by atoms with Gasteiger partial charge in [0.15, 0.2) is 0 Å². The number of benzene rings is 1. The number of aliphatic carboxylic acids is 1. The minimum Gasteiger partial charge on any atom is -0.481 e. The second kappa shape index (κ2) is 5.67. The van der Waals surface area contributed by atoms with Crippen molar-refractivity contribution < 1.29 is 9.90 Å². The van der Waals surface area contributed by atoms with Crippen molar-refractivity contribution in [2.45, 2.75) is 27.2 Å². The first-order valence-corrected chi connectivity index (χ1v) is 6.81. The molecule has 5 heteroatoms. The van der Waals surface area contributed by atoms with Gasteiger partial charge < -0.3 is 5.11 Å². The molecule has 0 radical (unpaired) electrons. The van der Waals surface area contributed by atoms with Gasteiger partial charge in [-0.15, -0.1) is 0 Å². The van der Waals surface area contributed by atoms with Crippen LogP contribution in [0.2, 0.25) is 5.02 Å². The first-order chi connectivity index (χ1) is 9.40. The van der Waals surface area contributed by atoms with Crippen molar-refractivity contribution >= 4 is 17.6 Å². The van der Waals surface area contributed by atoms with Crippen molar-refractivity contribution in [3.05, 3.63) is 46.2 Å². The number of halogens is 1. The highest BCUT2D eigenvalue weighted by atomic mass is 35.5. The van der Waals surface area contributed by atoms with Crippen LogP contribution in [-0.2, 0) is 11.2 Å². The largest absolute Gasteiger partial charge is 0.481 e. The van der Waals surface area contributed by atoms with Crippen LogP contribution >= 0.6 is 11.6 Å². The summed E-state index contributed by atoms with van der Waals surface area (Å²) in [7, 11) is 0. The Hall–Kier alpha value is -1.81. The first kappa shape index (κ1) is 14.6. The summed E-state index contributed by atoms with van der Waals surface area (Å²) in [6.07, 6.45) is 0.480. The third-order valence-electron chi connectivity index (χ3n) is 3.43. The molecule has 0 bridgehead atoms. The Kier molecular flexibility index (Phi) is 4.14. The van der Waals surface area contributed by atoms with Crippen LogP contribution in [0.1, 0.15) is 23.9 Å². The van der Waals surface area contributed by atoms with Crippen LogP contribution in [0.5, 0.6) is 0 Å². The first-order valence-electron chi connectivity index (χ1n) is 6.44. The van der Waals surface area contributed by atoms with E-state index in [0.717, 1.165) is 22.6 Å². The van der Waals surface area contributed by atoms with Gasteiger partial charge in [0.1, 0.15) is 0 Å². The summed E-state index contributed by atoms with van der Waals surface area (Å²) in [5, 5.41) is 14.2. The van der Waals surface area contributed by atoms with Gasteiger partial charge in [0.25, 0.3) is 0 Å². The summed E-state index contributed by atoms with van der Waals surface area (Å²) in [6, 6.07) is 7.44. The van der Waals surface area contributed by atoms with Crippen molar-refractivity contribution in [2.24, 2.45) is 5.92 Å². The third-order valence-corrected chi connectivity index (χ3v) is 3.66. The maximum absolute atomic E-state index is 11.0. The molecule has 0 spiro atoms. The highest BCUT2D eigenvalue weighted by Crippen LogP contribution is 2.22. The Labute approximate surface area is 123 Å². The number of carboxylic acids is 1. The minimum absolute atomic E-state index is 0.426. The quantitative estimate of drug-likeness (QED) is 0.939. The predicted octanol–water partition coefficient (Wildman–Crippen LogP) is 3.41. The molecule has 1 aromatic carbocycles. The van der Waals surface area contributed by atoms with E-state index < -0.39 is 11.9 Å².